The van der Waals surface area contributed by atoms with Crippen molar-refractivity contribution in [3.63, 3.8) is 0 Å². The van der Waals surface area contributed by atoms with Gasteiger partial charge in [0.05, 0.1) is 5.69 Å². The van der Waals surface area contributed by atoms with E-state index in [9.17, 15) is 9.18 Å². The van der Waals surface area contributed by atoms with Gasteiger partial charge in [0.25, 0.3) is 0 Å². The van der Waals surface area contributed by atoms with Crippen LogP contribution < -0.4 is 10.1 Å². The third-order valence-corrected chi connectivity index (χ3v) is 1.91. The Hall–Kier alpha value is -1.60. The maximum absolute atomic E-state index is 13.4. The van der Waals surface area contributed by atoms with Crippen LogP contribution in [0.1, 0.15) is 26.3 Å². The SMILES string of the molecule is CC(=O)Nc1cc(OC(C)=S)c(C)cc1F.CC(O)=S. The summed E-state index contributed by atoms with van der Waals surface area (Å²) in [5.74, 6) is -0.396. The van der Waals surface area contributed by atoms with Gasteiger partial charge in [-0.2, -0.15) is 0 Å². The highest BCUT2D eigenvalue weighted by atomic mass is 32.1. The van der Waals surface area contributed by atoms with Gasteiger partial charge in [0.15, 0.2) is 10.1 Å². The molecule has 0 atom stereocenters. The van der Waals surface area contributed by atoms with Gasteiger partial charge < -0.3 is 15.2 Å². The molecule has 0 spiro atoms. The lowest BCUT2D eigenvalue weighted by Gasteiger charge is -2.10. The summed E-state index contributed by atoms with van der Waals surface area (Å²) in [6.45, 7) is 6.09. The summed E-state index contributed by atoms with van der Waals surface area (Å²) >= 11 is 8.89. The van der Waals surface area contributed by atoms with Crippen molar-refractivity contribution >= 4 is 46.1 Å². The molecular weight excluding hydrogens is 301 g/mol. The Bertz CT molecular complexity index is 491. The van der Waals surface area contributed by atoms with E-state index in [-0.39, 0.29) is 16.6 Å². The molecule has 7 heteroatoms. The van der Waals surface area contributed by atoms with Crippen molar-refractivity contribution in [2.45, 2.75) is 27.7 Å². The second-order valence-electron chi connectivity index (χ2n) is 3.89. The molecule has 20 heavy (non-hydrogen) atoms. The minimum absolute atomic E-state index is 0.000000000000000222. The smallest absolute Gasteiger partial charge is 0.221 e. The summed E-state index contributed by atoms with van der Waals surface area (Å²) in [5.41, 5.74) is 0.708. The van der Waals surface area contributed by atoms with Gasteiger partial charge in [-0.1, -0.05) is 0 Å². The lowest BCUT2D eigenvalue weighted by atomic mass is 10.2. The van der Waals surface area contributed by atoms with Crippen molar-refractivity contribution in [3.8, 4) is 5.75 Å². The van der Waals surface area contributed by atoms with E-state index in [1.807, 2.05) is 0 Å². The maximum atomic E-state index is 13.4. The van der Waals surface area contributed by atoms with Gasteiger partial charge in [0.1, 0.15) is 11.6 Å². The molecule has 2 N–H and O–H groups in total. The highest BCUT2D eigenvalue weighted by molar-refractivity contribution is 7.80. The zero-order valence-corrected chi connectivity index (χ0v) is 13.2. The molecule has 4 nitrogen and oxygen atoms in total. The number of aliphatic hydroxyl groups excluding tert-OH is 1. The fourth-order valence-corrected chi connectivity index (χ4v) is 1.29. The number of thiocarbonyl (C=S) groups is 2. The molecule has 0 saturated heterocycles. The van der Waals surface area contributed by atoms with Crippen molar-refractivity contribution in [2.75, 3.05) is 5.32 Å². The topological polar surface area (TPSA) is 58.6 Å². The fraction of sp³-hybridized carbons (Fsp3) is 0.308. The molecule has 0 heterocycles. The van der Waals surface area contributed by atoms with E-state index in [0.29, 0.717) is 16.4 Å². The number of benzene rings is 1. The molecule has 0 saturated carbocycles. The van der Waals surface area contributed by atoms with Crippen molar-refractivity contribution in [3.05, 3.63) is 23.5 Å². The van der Waals surface area contributed by atoms with Crippen LogP contribution in [-0.2, 0) is 4.79 Å². The second-order valence-corrected chi connectivity index (χ2v) is 5.06. The lowest BCUT2D eigenvalue weighted by molar-refractivity contribution is -0.114. The van der Waals surface area contributed by atoms with E-state index in [1.54, 1.807) is 13.8 Å². The molecule has 1 amide bonds. The molecule has 110 valence electrons. The average molecular weight is 317 g/mol. The van der Waals surface area contributed by atoms with Crippen LogP contribution in [0.25, 0.3) is 0 Å². The number of anilines is 1. The molecule has 1 aromatic rings. The quantitative estimate of drug-likeness (QED) is 0.814. The monoisotopic (exact) mass is 317 g/mol. The molecule has 0 aromatic heterocycles. The van der Waals surface area contributed by atoms with Gasteiger partial charge in [-0.05, 0) is 43.0 Å². The number of carbonyl (C=O) groups is 1. The summed E-state index contributed by atoms with van der Waals surface area (Å²) in [6.07, 6.45) is 0. The zero-order chi connectivity index (χ0) is 15.9. The first-order valence-corrected chi connectivity index (χ1v) is 6.40. The van der Waals surface area contributed by atoms with Crippen LogP contribution in [0.5, 0.6) is 5.75 Å². The Labute approximate surface area is 127 Å². The van der Waals surface area contributed by atoms with Crippen LogP contribution in [0, 0.1) is 12.7 Å². The van der Waals surface area contributed by atoms with Crippen LogP contribution in [-0.4, -0.2) is 21.1 Å². The fourth-order valence-electron chi connectivity index (χ4n) is 1.20. The summed E-state index contributed by atoms with van der Waals surface area (Å²) in [6, 6.07) is 2.71. The number of nitrogens with one attached hydrogen (secondary N) is 1. The van der Waals surface area contributed by atoms with Crippen molar-refractivity contribution in [1.29, 1.82) is 0 Å². The molecule has 1 aromatic carbocycles. The first kappa shape index (κ1) is 18.4. The van der Waals surface area contributed by atoms with Crippen molar-refractivity contribution < 1.29 is 19.0 Å². The number of hydrogen-bond acceptors (Lipinski definition) is 4. The molecule has 0 fully saturated rings. The number of aryl methyl sites for hydroxylation is 1. The molecule has 0 aliphatic carbocycles. The van der Waals surface area contributed by atoms with Crippen molar-refractivity contribution in [1.82, 2.24) is 0 Å². The third-order valence-electron chi connectivity index (χ3n) is 1.83. The summed E-state index contributed by atoms with van der Waals surface area (Å²) in [4.78, 5) is 10.8. The molecule has 0 aliphatic heterocycles. The first-order valence-electron chi connectivity index (χ1n) is 5.59. The van der Waals surface area contributed by atoms with E-state index < -0.39 is 5.82 Å². The Balaban J connectivity index is 0.000000796. The first-order chi connectivity index (χ1) is 9.13. The molecule has 0 unspecified atom stereocenters. The summed E-state index contributed by atoms with van der Waals surface area (Å²) in [7, 11) is 0. The number of ether oxygens (including phenoxy) is 1. The number of rotatable bonds is 2. The highest BCUT2D eigenvalue weighted by Crippen LogP contribution is 2.26. The minimum Gasteiger partial charge on any atom is -0.502 e. The Morgan fingerprint density at radius 1 is 1.30 bits per heavy atom. The van der Waals surface area contributed by atoms with Gasteiger partial charge >= 0.3 is 0 Å². The van der Waals surface area contributed by atoms with Gasteiger partial charge in [-0.3, -0.25) is 4.79 Å². The van der Waals surface area contributed by atoms with E-state index in [2.05, 4.69) is 17.5 Å². The minimum atomic E-state index is -0.498. The summed E-state index contributed by atoms with van der Waals surface area (Å²) < 4.78 is 18.7. The largest absolute Gasteiger partial charge is 0.502 e. The number of aliphatic hydroxyl groups is 1. The maximum Gasteiger partial charge on any atom is 0.221 e. The molecule has 0 radical (unpaired) electrons. The average Bonchev–Trinajstić information content (AvgIpc) is 2.22. The van der Waals surface area contributed by atoms with Crippen LogP contribution in [0.15, 0.2) is 12.1 Å². The van der Waals surface area contributed by atoms with E-state index in [0.717, 1.165) is 0 Å². The number of hydrogen-bond donors (Lipinski definition) is 2. The standard InChI is InChI=1S/C11H12FNO2S.C2H4OS/c1-6-4-9(12)10(13-7(2)14)5-11(6)15-8(3)16;1-2(3)4/h4-5H,1-3H3,(H,13,14);1H3,(H,3,4). The predicted octanol–water partition coefficient (Wildman–Crippen LogP) is 3.71. The summed E-state index contributed by atoms with van der Waals surface area (Å²) in [5, 5.41) is 10.5. The number of amides is 1. The second kappa shape index (κ2) is 8.55. The van der Waals surface area contributed by atoms with Gasteiger partial charge in [-0.25, -0.2) is 4.39 Å². The number of halogens is 1. The molecule has 0 aliphatic rings. The van der Waals surface area contributed by atoms with Crippen LogP contribution in [0.3, 0.4) is 0 Å². The molecule has 0 bridgehead atoms. The van der Waals surface area contributed by atoms with Gasteiger partial charge in [0.2, 0.25) is 5.91 Å². The van der Waals surface area contributed by atoms with Gasteiger partial charge in [0, 0.05) is 26.8 Å². The third kappa shape index (κ3) is 7.75. The predicted molar refractivity (Wildman–Crippen MR) is 85.2 cm³/mol. The Kier molecular flexibility index (Phi) is 7.86. The van der Waals surface area contributed by atoms with Crippen LogP contribution in [0.4, 0.5) is 10.1 Å². The van der Waals surface area contributed by atoms with Crippen molar-refractivity contribution in [2.24, 2.45) is 0 Å². The van der Waals surface area contributed by atoms with E-state index >= 15 is 0 Å². The number of carbonyl (C=O) groups excluding carboxylic acids is 1. The lowest BCUT2D eigenvalue weighted by Crippen LogP contribution is -2.09. The van der Waals surface area contributed by atoms with E-state index in [4.69, 9.17) is 22.1 Å². The Morgan fingerprint density at radius 3 is 2.20 bits per heavy atom. The highest BCUT2D eigenvalue weighted by Gasteiger charge is 2.10. The van der Waals surface area contributed by atoms with E-state index in [1.165, 1.54) is 26.0 Å². The normalized spacial score (nSPS) is 9.05. The molecular formula is C13H16FNO3S2. The zero-order valence-electron chi connectivity index (χ0n) is 11.6. The van der Waals surface area contributed by atoms with Gasteiger partial charge in [-0.15, -0.1) is 0 Å². The van der Waals surface area contributed by atoms with Crippen LogP contribution >= 0.6 is 24.4 Å². The Morgan fingerprint density at radius 2 is 1.80 bits per heavy atom. The molecule has 1 rings (SSSR count). The van der Waals surface area contributed by atoms with Crippen LogP contribution in [0.2, 0.25) is 0 Å².